The van der Waals surface area contributed by atoms with E-state index in [1.807, 2.05) is 6.92 Å². The molecule has 0 saturated carbocycles. The Balaban J connectivity index is 1.98. The average Bonchev–Trinajstić information content (AvgIpc) is 2.87. The van der Waals surface area contributed by atoms with Crippen LogP contribution in [0, 0.1) is 6.92 Å². The number of hydrogen-bond acceptors (Lipinski definition) is 3. The van der Waals surface area contributed by atoms with Gasteiger partial charge in [-0.25, -0.2) is 4.79 Å². The van der Waals surface area contributed by atoms with Crippen LogP contribution >= 0.6 is 11.6 Å². The summed E-state index contributed by atoms with van der Waals surface area (Å²) < 4.78 is 4.87. The quantitative estimate of drug-likeness (QED) is 0.886. The lowest BCUT2D eigenvalue weighted by molar-refractivity contribution is 0.0940. The Morgan fingerprint density at radius 3 is 2.68 bits per heavy atom. The number of urea groups is 1. The third-order valence-electron chi connectivity index (χ3n) is 2.40. The van der Waals surface area contributed by atoms with Gasteiger partial charge in [0.05, 0.1) is 6.26 Å². The lowest BCUT2D eigenvalue weighted by atomic mass is 10.2. The summed E-state index contributed by atoms with van der Waals surface area (Å²) in [4.78, 5) is 23.1. The van der Waals surface area contributed by atoms with Crippen LogP contribution in [-0.4, -0.2) is 11.9 Å². The molecule has 2 aromatic rings. The highest BCUT2D eigenvalue weighted by atomic mass is 35.5. The summed E-state index contributed by atoms with van der Waals surface area (Å²) in [5.74, 6) is -0.544. The number of anilines is 1. The molecule has 1 aromatic heterocycles. The minimum atomic E-state index is -0.652. The van der Waals surface area contributed by atoms with Crippen LogP contribution in [0.3, 0.4) is 0 Å². The summed E-state index contributed by atoms with van der Waals surface area (Å²) in [6.07, 6.45) is 1.35. The first-order chi connectivity index (χ1) is 9.06. The van der Waals surface area contributed by atoms with Gasteiger partial charge in [-0.2, -0.15) is 0 Å². The summed E-state index contributed by atoms with van der Waals surface area (Å²) >= 11 is 5.93. The van der Waals surface area contributed by atoms with Gasteiger partial charge in [-0.1, -0.05) is 17.7 Å². The van der Waals surface area contributed by atoms with E-state index in [0.29, 0.717) is 10.7 Å². The second-order valence-corrected chi connectivity index (χ2v) is 4.26. The van der Waals surface area contributed by atoms with E-state index < -0.39 is 11.9 Å². The van der Waals surface area contributed by atoms with E-state index in [2.05, 4.69) is 10.6 Å². The Labute approximate surface area is 114 Å². The molecule has 0 aliphatic heterocycles. The van der Waals surface area contributed by atoms with Gasteiger partial charge in [-0.15, -0.1) is 0 Å². The number of hydrogen-bond donors (Lipinski definition) is 2. The first-order valence-corrected chi connectivity index (χ1v) is 5.86. The van der Waals surface area contributed by atoms with Crippen molar-refractivity contribution >= 4 is 29.2 Å². The van der Waals surface area contributed by atoms with E-state index in [-0.39, 0.29) is 5.76 Å². The fourth-order valence-electron chi connectivity index (χ4n) is 1.41. The molecule has 6 heteroatoms. The highest BCUT2D eigenvalue weighted by Crippen LogP contribution is 2.19. The molecule has 0 unspecified atom stereocenters. The number of carbonyl (C=O) groups excluding carboxylic acids is 2. The van der Waals surface area contributed by atoms with E-state index in [1.165, 1.54) is 12.3 Å². The molecule has 19 heavy (non-hydrogen) atoms. The van der Waals surface area contributed by atoms with Crippen molar-refractivity contribution < 1.29 is 14.0 Å². The van der Waals surface area contributed by atoms with Gasteiger partial charge in [0.15, 0.2) is 5.76 Å². The first kappa shape index (κ1) is 13.2. The van der Waals surface area contributed by atoms with Crippen LogP contribution in [-0.2, 0) is 0 Å². The molecule has 1 heterocycles. The summed E-state index contributed by atoms with van der Waals surface area (Å²) in [5.41, 5.74) is 1.40. The molecule has 0 bridgehead atoms. The summed E-state index contributed by atoms with van der Waals surface area (Å²) in [6, 6.07) is 7.44. The predicted octanol–water partition coefficient (Wildman–Crippen LogP) is 3.20. The van der Waals surface area contributed by atoms with Crippen LogP contribution in [0.1, 0.15) is 16.1 Å². The van der Waals surface area contributed by atoms with E-state index >= 15 is 0 Å². The van der Waals surface area contributed by atoms with Gasteiger partial charge >= 0.3 is 6.03 Å². The molecule has 3 amide bonds. The Bertz CT molecular complexity index is 608. The Morgan fingerprint density at radius 1 is 1.26 bits per heavy atom. The van der Waals surface area contributed by atoms with Crippen LogP contribution in [0.25, 0.3) is 0 Å². The van der Waals surface area contributed by atoms with Crippen LogP contribution in [0.5, 0.6) is 0 Å². The van der Waals surface area contributed by atoms with E-state index in [9.17, 15) is 9.59 Å². The predicted molar refractivity (Wildman–Crippen MR) is 71.4 cm³/mol. The number of imide groups is 1. The van der Waals surface area contributed by atoms with Crippen molar-refractivity contribution in [1.29, 1.82) is 0 Å². The topological polar surface area (TPSA) is 71.3 Å². The third-order valence-corrected chi connectivity index (χ3v) is 2.81. The fraction of sp³-hybridized carbons (Fsp3) is 0.0769. The summed E-state index contributed by atoms with van der Waals surface area (Å²) in [7, 11) is 0. The number of amides is 3. The zero-order valence-corrected chi connectivity index (χ0v) is 10.8. The standard InChI is InChI=1S/C13H11ClN2O3/c1-8-4-5-9(7-10(8)14)15-13(18)16-12(17)11-3-2-6-19-11/h2-7H,1H3,(H2,15,16,17,18). The molecular formula is C13H11ClN2O3. The largest absolute Gasteiger partial charge is 0.459 e. The van der Waals surface area contributed by atoms with Gasteiger partial charge in [0, 0.05) is 10.7 Å². The molecule has 0 saturated heterocycles. The number of aryl methyl sites for hydroxylation is 1. The summed E-state index contributed by atoms with van der Waals surface area (Å²) in [6.45, 7) is 1.85. The Hall–Kier alpha value is -2.27. The van der Waals surface area contributed by atoms with E-state index in [4.69, 9.17) is 16.0 Å². The molecule has 2 rings (SSSR count). The lowest BCUT2D eigenvalue weighted by Crippen LogP contribution is -2.34. The maximum atomic E-state index is 11.6. The normalized spacial score (nSPS) is 10.0. The molecular weight excluding hydrogens is 268 g/mol. The second-order valence-electron chi connectivity index (χ2n) is 3.85. The van der Waals surface area contributed by atoms with Gasteiger partial charge in [-0.3, -0.25) is 10.1 Å². The number of rotatable bonds is 2. The van der Waals surface area contributed by atoms with Crippen molar-refractivity contribution in [2.75, 3.05) is 5.32 Å². The van der Waals surface area contributed by atoms with Crippen molar-refractivity contribution in [1.82, 2.24) is 5.32 Å². The van der Waals surface area contributed by atoms with Crippen LogP contribution in [0.2, 0.25) is 5.02 Å². The number of carbonyl (C=O) groups is 2. The first-order valence-electron chi connectivity index (χ1n) is 5.48. The number of furan rings is 1. The van der Waals surface area contributed by atoms with Gasteiger partial charge in [0.1, 0.15) is 0 Å². The van der Waals surface area contributed by atoms with Gasteiger partial charge < -0.3 is 9.73 Å². The minimum absolute atomic E-state index is 0.0667. The smallest absolute Gasteiger partial charge is 0.326 e. The SMILES string of the molecule is Cc1ccc(NC(=O)NC(=O)c2ccco2)cc1Cl. The Kier molecular flexibility index (Phi) is 3.87. The molecule has 1 aromatic carbocycles. The van der Waals surface area contributed by atoms with Crippen molar-refractivity contribution in [2.24, 2.45) is 0 Å². The van der Waals surface area contributed by atoms with Crippen molar-refractivity contribution in [2.45, 2.75) is 6.92 Å². The molecule has 0 aliphatic carbocycles. The molecule has 0 atom stereocenters. The van der Waals surface area contributed by atoms with Gasteiger partial charge in [0.25, 0.3) is 5.91 Å². The molecule has 98 valence electrons. The summed E-state index contributed by atoms with van der Waals surface area (Å²) in [5, 5.41) is 5.18. The van der Waals surface area contributed by atoms with E-state index in [0.717, 1.165) is 5.56 Å². The fourth-order valence-corrected chi connectivity index (χ4v) is 1.59. The highest BCUT2D eigenvalue weighted by Gasteiger charge is 2.12. The zero-order chi connectivity index (χ0) is 13.8. The van der Waals surface area contributed by atoms with Crippen molar-refractivity contribution in [3.8, 4) is 0 Å². The molecule has 5 nitrogen and oxygen atoms in total. The monoisotopic (exact) mass is 278 g/mol. The van der Waals surface area contributed by atoms with Crippen LogP contribution in [0.15, 0.2) is 41.0 Å². The minimum Gasteiger partial charge on any atom is -0.459 e. The van der Waals surface area contributed by atoms with E-state index in [1.54, 1.807) is 24.3 Å². The van der Waals surface area contributed by atoms with Crippen LogP contribution in [0.4, 0.5) is 10.5 Å². The molecule has 0 radical (unpaired) electrons. The average molecular weight is 279 g/mol. The third kappa shape index (κ3) is 3.35. The Morgan fingerprint density at radius 2 is 2.05 bits per heavy atom. The maximum Gasteiger partial charge on any atom is 0.326 e. The van der Waals surface area contributed by atoms with Crippen molar-refractivity contribution in [3.05, 3.63) is 52.9 Å². The second kappa shape index (κ2) is 5.58. The lowest BCUT2D eigenvalue weighted by Gasteiger charge is -2.07. The molecule has 2 N–H and O–H groups in total. The number of nitrogens with one attached hydrogen (secondary N) is 2. The van der Waals surface area contributed by atoms with Gasteiger partial charge in [-0.05, 0) is 36.8 Å². The zero-order valence-electron chi connectivity index (χ0n) is 10.1. The van der Waals surface area contributed by atoms with Gasteiger partial charge in [0.2, 0.25) is 0 Å². The molecule has 0 aliphatic rings. The molecule has 0 fully saturated rings. The number of halogens is 1. The highest BCUT2D eigenvalue weighted by molar-refractivity contribution is 6.31. The number of benzene rings is 1. The molecule has 0 spiro atoms. The van der Waals surface area contributed by atoms with Crippen LogP contribution < -0.4 is 10.6 Å². The van der Waals surface area contributed by atoms with Crippen molar-refractivity contribution in [3.63, 3.8) is 0 Å². The maximum absolute atomic E-state index is 11.6.